The van der Waals surface area contributed by atoms with Crippen LogP contribution in [0.25, 0.3) is 0 Å². The molecule has 1 N–H and O–H groups in total. The van der Waals surface area contributed by atoms with Crippen molar-refractivity contribution >= 4 is 11.8 Å². The van der Waals surface area contributed by atoms with E-state index in [0.717, 1.165) is 11.1 Å². The lowest BCUT2D eigenvalue weighted by Crippen LogP contribution is -2.44. The largest absolute Gasteiger partial charge is 0.377 e. The van der Waals surface area contributed by atoms with Gasteiger partial charge in [-0.25, -0.2) is 4.39 Å². The molecular weight excluding hydrogens is 511 g/mol. The minimum Gasteiger partial charge on any atom is -0.377 e. The van der Waals surface area contributed by atoms with E-state index in [9.17, 15) is 9.59 Å². The Kier molecular flexibility index (Phi) is 10.5. The molecule has 1 aliphatic heterocycles. The molecule has 0 fully saturated rings. The standard InChI is InChI=1S/C32H37FN2O5/c1-32(2,28(33)23-34-29(24-11-5-3-6-12-24)25-13-7-4-8-14-25)40-22-21-39-20-19-38-18-17-35-30(36)26-15-9-10-16-27(26)31(35)37/h3-16,28-29,34H,17-23H2,1-2H3. The summed E-state index contributed by atoms with van der Waals surface area (Å²) in [5.74, 6) is -0.588. The Bertz CT molecular complexity index is 1160. The smallest absolute Gasteiger partial charge is 0.261 e. The summed E-state index contributed by atoms with van der Waals surface area (Å²) < 4.78 is 32.2. The molecule has 1 aliphatic rings. The lowest BCUT2D eigenvalue weighted by Gasteiger charge is -2.31. The molecule has 3 aromatic rings. The van der Waals surface area contributed by atoms with Gasteiger partial charge in [-0.15, -0.1) is 0 Å². The zero-order chi connectivity index (χ0) is 28.4. The fourth-order valence-corrected chi connectivity index (χ4v) is 4.56. The number of nitrogens with one attached hydrogen (secondary N) is 1. The molecule has 0 saturated carbocycles. The van der Waals surface area contributed by atoms with Gasteiger partial charge in [0.25, 0.3) is 11.8 Å². The first-order chi connectivity index (χ1) is 19.4. The summed E-state index contributed by atoms with van der Waals surface area (Å²) in [6, 6.07) is 26.6. The number of halogens is 1. The number of alkyl halides is 1. The zero-order valence-electron chi connectivity index (χ0n) is 23.1. The van der Waals surface area contributed by atoms with Crippen LogP contribution in [0.1, 0.15) is 51.7 Å². The van der Waals surface area contributed by atoms with Crippen molar-refractivity contribution in [3.05, 3.63) is 107 Å². The Balaban J connectivity index is 1.11. The van der Waals surface area contributed by atoms with E-state index in [0.29, 0.717) is 30.9 Å². The molecule has 7 nitrogen and oxygen atoms in total. The Hall–Kier alpha value is -3.43. The van der Waals surface area contributed by atoms with Crippen molar-refractivity contribution in [3.8, 4) is 0 Å². The molecule has 0 spiro atoms. The highest BCUT2D eigenvalue weighted by molar-refractivity contribution is 6.21. The number of nitrogens with zero attached hydrogens (tertiary/aromatic N) is 1. The maximum atomic E-state index is 15.3. The number of fused-ring (bicyclic) bond motifs is 1. The lowest BCUT2D eigenvalue weighted by atomic mass is 9.97. The van der Waals surface area contributed by atoms with Crippen molar-refractivity contribution in [2.24, 2.45) is 0 Å². The van der Waals surface area contributed by atoms with Gasteiger partial charge in [0.15, 0.2) is 0 Å². The van der Waals surface area contributed by atoms with E-state index in [4.69, 9.17) is 14.2 Å². The summed E-state index contributed by atoms with van der Waals surface area (Å²) in [6.07, 6.45) is -1.24. The second-order valence-corrected chi connectivity index (χ2v) is 10.1. The molecule has 212 valence electrons. The maximum Gasteiger partial charge on any atom is 0.261 e. The van der Waals surface area contributed by atoms with Gasteiger partial charge in [0.1, 0.15) is 6.17 Å². The average molecular weight is 549 g/mol. The van der Waals surface area contributed by atoms with Crippen LogP contribution in [-0.2, 0) is 14.2 Å². The van der Waals surface area contributed by atoms with Crippen LogP contribution in [0.5, 0.6) is 0 Å². The van der Waals surface area contributed by atoms with Crippen molar-refractivity contribution in [1.82, 2.24) is 10.2 Å². The van der Waals surface area contributed by atoms with Crippen molar-refractivity contribution in [2.75, 3.05) is 46.1 Å². The number of carbonyl (C=O) groups is 2. The van der Waals surface area contributed by atoms with Crippen molar-refractivity contribution in [1.29, 1.82) is 0 Å². The van der Waals surface area contributed by atoms with Gasteiger partial charge in [0, 0.05) is 6.54 Å². The van der Waals surface area contributed by atoms with Gasteiger partial charge in [0.05, 0.1) is 62.3 Å². The molecule has 40 heavy (non-hydrogen) atoms. The second-order valence-electron chi connectivity index (χ2n) is 10.1. The number of ether oxygens (including phenoxy) is 3. The van der Waals surface area contributed by atoms with Gasteiger partial charge in [-0.1, -0.05) is 72.8 Å². The Labute approximate surface area is 235 Å². The Morgan fingerprint density at radius 3 is 1.75 bits per heavy atom. The summed E-state index contributed by atoms with van der Waals surface area (Å²) in [5.41, 5.74) is 1.99. The first-order valence-electron chi connectivity index (χ1n) is 13.6. The molecule has 2 amide bonds. The van der Waals surface area contributed by atoms with E-state index in [-0.39, 0.29) is 44.2 Å². The number of carbonyl (C=O) groups excluding carboxylic acids is 2. The fraction of sp³-hybridized carbons (Fsp3) is 0.375. The van der Waals surface area contributed by atoms with Crippen LogP contribution in [-0.4, -0.2) is 74.6 Å². The van der Waals surface area contributed by atoms with Crippen LogP contribution >= 0.6 is 0 Å². The van der Waals surface area contributed by atoms with Gasteiger partial charge >= 0.3 is 0 Å². The van der Waals surface area contributed by atoms with Gasteiger partial charge < -0.3 is 19.5 Å². The van der Waals surface area contributed by atoms with Crippen LogP contribution in [0, 0.1) is 0 Å². The minimum absolute atomic E-state index is 0.128. The van der Waals surface area contributed by atoms with E-state index >= 15 is 4.39 Å². The van der Waals surface area contributed by atoms with Crippen LogP contribution in [0.3, 0.4) is 0 Å². The van der Waals surface area contributed by atoms with E-state index in [2.05, 4.69) is 5.32 Å². The van der Waals surface area contributed by atoms with E-state index in [1.807, 2.05) is 60.7 Å². The third-order valence-corrected chi connectivity index (χ3v) is 6.93. The summed E-state index contributed by atoms with van der Waals surface area (Å²) in [7, 11) is 0. The van der Waals surface area contributed by atoms with Crippen molar-refractivity contribution in [2.45, 2.75) is 31.7 Å². The summed E-state index contributed by atoms with van der Waals surface area (Å²) in [5, 5.41) is 3.37. The SMILES string of the molecule is CC(C)(OCCOCCOCCN1C(=O)c2ccccc2C1=O)C(F)CNC(c1ccccc1)c1ccccc1. The number of hydrogen-bond donors (Lipinski definition) is 1. The highest BCUT2D eigenvalue weighted by atomic mass is 19.1. The first-order valence-corrected chi connectivity index (χ1v) is 13.6. The van der Waals surface area contributed by atoms with Crippen LogP contribution in [0.15, 0.2) is 84.9 Å². The van der Waals surface area contributed by atoms with Crippen LogP contribution < -0.4 is 5.32 Å². The van der Waals surface area contributed by atoms with Gasteiger partial charge in [-0.3, -0.25) is 14.5 Å². The monoisotopic (exact) mass is 548 g/mol. The van der Waals surface area contributed by atoms with E-state index < -0.39 is 11.8 Å². The fourth-order valence-electron chi connectivity index (χ4n) is 4.56. The average Bonchev–Trinajstić information content (AvgIpc) is 3.22. The minimum atomic E-state index is -1.24. The third kappa shape index (κ3) is 7.61. The molecule has 8 heteroatoms. The van der Waals surface area contributed by atoms with E-state index in [1.165, 1.54) is 4.90 Å². The Morgan fingerprint density at radius 1 is 0.725 bits per heavy atom. The zero-order valence-corrected chi connectivity index (χ0v) is 23.1. The lowest BCUT2D eigenvalue weighted by molar-refractivity contribution is -0.0898. The number of imide groups is 1. The number of benzene rings is 3. The normalized spacial score (nSPS) is 14.2. The van der Waals surface area contributed by atoms with Crippen LogP contribution in [0.4, 0.5) is 4.39 Å². The van der Waals surface area contributed by atoms with Crippen molar-refractivity contribution in [3.63, 3.8) is 0 Å². The van der Waals surface area contributed by atoms with Crippen molar-refractivity contribution < 1.29 is 28.2 Å². The predicted octanol–water partition coefficient (Wildman–Crippen LogP) is 4.83. The molecular formula is C32H37FN2O5. The van der Waals surface area contributed by atoms with Gasteiger partial charge in [-0.05, 0) is 37.1 Å². The molecule has 0 radical (unpaired) electrons. The Morgan fingerprint density at radius 2 is 1.20 bits per heavy atom. The molecule has 3 aromatic carbocycles. The van der Waals surface area contributed by atoms with E-state index in [1.54, 1.807) is 38.1 Å². The third-order valence-electron chi connectivity index (χ3n) is 6.93. The predicted molar refractivity (Wildman–Crippen MR) is 151 cm³/mol. The number of hydrogen-bond acceptors (Lipinski definition) is 6. The molecule has 0 aliphatic carbocycles. The summed E-state index contributed by atoms with van der Waals surface area (Å²) >= 11 is 0. The number of amides is 2. The summed E-state index contributed by atoms with van der Waals surface area (Å²) in [6.45, 7) is 5.18. The molecule has 1 atom stereocenters. The highest BCUT2D eigenvalue weighted by Crippen LogP contribution is 2.24. The number of rotatable bonds is 16. The molecule has 4 rings (SSSR count). The topological polar surface area (TPSA) is 77.1 Å². The second kappa shape index (κ2) is 14.3. The van der Waals surface area contributed by atoms with Crippen LogP contribution in [0.2, 0.25) is 0 Å². The molecule has 0 bridgehead atoms. The highest BCUT2D eigenvalue weighted by Gasteiger charge is 2.34. The molecule has 0 saturated heterocycles. The van der Waals surface area contributed by atoms with Gasteiger partial charge in [0.2, 0.25) is 0 Å². The first kappa shape index (κ1) is 29.6. The molecule has 0 aromatic heterocycles. The molecule has 1 unspecified atom stereocenters. The maximum absolute atomic E-state index is 15.3. The summed E-state index contributed by atoms with van der Waals surface area (Å²) in [4.78, 5) is 25.9. The quantitative estimate of drug-likeness (QED) is 0.204. The van der Waals surface area contributed by atoms with Gasteiger partial charge in [-0.2, -0.15) is 0 Å². The molecule has 1 heterocycles.